The molecule has 1 saturated carbocycles. The summed E-state index contributed by atoms with van der Waals surface area (Å²) in [6.07, 6.45) is 1.67. The van der Waals surface area contributed by atoms with Gasteiger partial charge in [0.25, 0.3) is 0 Å². The van der Waals surface area contributed by atoms with Gasteiger partial charge in [-0.3, -0.25) is 0 Å². The zero-order valence-electron chi connectivity index (χ0n) is 4.17. The molecule has 0 spiro atoms. The van der Waals surface area contributed by atoms with Crippen LogP contribution in [-0.4, -0.2) is 22.4 Å². The molecule has 0 radical (unpaired) electrons. The van der Waals surface area contributed by atoms with Crippen molar-refractivity contribution in [3.8, 4) is 0 Å². The van der Waals surface area contributed by atoms with E-state index >= 15 is 0 Å². The molecular formula is C5H10O2. The van der Waals surface area contributed by atoms with Gasteiger partial charge in [-0.05, 0) is 19.3 Å². The SMILES string of the molecule is O[C@@H]1CCC[C@@H]1O. The third-order valence-corrected chi connectivity index (χ3v) is 1.44. The minimum Gasteiger partial charge on any atom is -0.390 e. The van der Waals surface area contributed by atoms with E-state index in [2.05, 4.69) is 0 Å². The largest absolute Gasteiger partial charge is 0.390 e. The van der Waals surface area contributed by atoms with Gasteiger partial charge in [-0.1, -0.05) is 0 Å². The maximum absolute atomic E-state index is 8.75. The predicted molar refractivity (Wildman–Crippen MR) is 25.9 cm³/mol. The normalized spacial score (nSPS) is 42.0. The number of hydrogen-bond donors (Lipinski definition) is 2. The summed E-state index contributed by atoms with van der Waals surface area (Å²) >= 11 is 0. The predicted octanol–water partition coefficient (Wildman–Crippen LogP) is -0.108. The van der Waals surface area contributed by atoms with Gasteiger partial charge in [0.1, 0.15) is 0 Å². The Kier molecular flexibility index (Phi) is 1.30. The Morgan fingerprint density at radius 1 is 1.00 bits per heavy atom. The fourth-order valence-corrected chi connectivity index (χ4v) is 0.921. The van der Waals surface area contributed by atoms with Gasteiger partial charge in [-0.25, -0.2) is 0 Å². The summed E-state index contributed by atoms with van der Waals surface area (Å²) in [5.74, 6) is 0. The summed E-state index contributed by atoms with van der Waals surface area (Å²) in [6.45, 7) is 0. The second kappa shape index (κ2) is 1.80. The first kappa shape index (κ1) is 5.06. The van der Waals surface area contributed by atoms with Crippen LogP contribution in [0.15, 0.2) is 0 Å². The molecule has 0 bridgehead atoms. The number of rotatable bonds is 0. The van der Waals surface area contributed by atoms with Crippen molar-refractivity contribution >= 4 is 0 Å². The van der Waals surface area contributed by atoms with Gasteiger partial charge in [0.15, 0.2) is 0 Å². The molecule has 0 unspecified atom stereocenters. The molecule has 2 N–H and O–H groups in total. The van der Waals surface area contributed by atoms with Crippen LogP contribution in [0.25, 0.3) is 0 Å². The van der Waals surface area contributed by atoms with Crippen molar-refractivity contribution in [2.24, 2.45) is 0 Å². The third-order valence-electron chi connectivity index (χ3n) is 1.44. The van der Waals surface area contributed by atoms with E-state index in [0.717, 1.165) is 19.3 Å². The Morgan fingerprint density at radius 2 is 1.43 bits per heavy atom. The molecule has 0 heterocycles. The summed E-state index contributed by atoms with van der Waals surface area (Å²) in [5.41, 5.74) is 0. The average Bonchev–Trinajstić information content (AvgIpc) is 1.91. The minimum atomic E-state index is -0.431. The van der Waals surface area contributed by atoms with E-state index in [1.54, 1.807) is 0 Å². The molecule has 1 aliphatic rings. The first-order valence-corrected chi connectivity index (χ1v) is 2.67. The van der Waals surface area contributed by atoms with Gasteiger partial charge in [0, 0.05) is 0 Å². The number of aliphatic hydroxyl groups excluding tert-OH is 2. The molecule has 0 amide bonds. The quantitative estimate of drug-likeness (QED) is 0.448. The average molecular weight is 102 g/mol. The van der Waals surface area contributed by atoms with E-state index in [4.69, 9.17) is 10.2 Å². The Bertz CT molecular complexity index is 55.1. The van der Waals surface area contributed by atoms with Crippen molar-refractivity contribution in [1.82, 2.24) is 0 Å². The van der Waals surface area contributed by atoms with Crippen LogP contribution in [0.2, 0.25) is 0 Å². The molecule has 2 atom stereocenters. The van der Waals surface area contributed by atoms with Crippen molar-refractivity contribution in [2.75, 3.05) is 0 Å². The second-order valence-corrected chi connectivity index (χ2v) is 2.07. The molecule has 0 aromatic heterocycles. The van der Waals surface area contributed by atoms with Gasteiger partial charge in [0.05, 0.1) is 12.2 Å². The summed E-state index contributed by atoms with van der Waals surface area (Å²) in [5, 5.41) is 17.5. The van der Waals surface area contributed by atoms with Gasteiger partial charge in [0.2, 0.25) is 0 Å². The highest BCUT2D eigenvalue weighted by Gasteiger charge is 2.21. The van der Waals surface area contributed by atoms with Crippen LogP contribution in [0, 0.1) is 0 Å². The van der Waals surface area contributed by atoms with Crippen LogP contribution >= 0.6 is 0 Å². The fourth-order valence-electron chi connectivity index (χ4n) is 0.921. The number of hydrogen-bond acceptors (Lipinski definition) is 2. The van der Waals surface area contributed by atoms with Crippen LogP contribution in [-0.2, 0) is 0 Å². The van der Waals surface area contributed by atoms with Gasteiger partial charge >= 0.3 is 0 Å². The molecule has 1 rings (SSSR count). The lowest BCUT2D eigenvalue weighted by molar-refractivity contribution is 0.0438. The fraction of sp³-hybridized carbons (Fsp3) is 1.00. The Labute approximate surface area is 42.8 Å². The lowest BCUT2D eigenvalue weighted by Gasteiger charge is -2.03. The van der Waals surface area contributed by atoms with E-state index < -0.39 is 12.2 Å². The number of aliphatic hydroxyl groups is 2. The highest BCUT2D eigenvalue weighted by Crippen LogP contribution is 2.17. The van der Waals surface area contributed by atoms with Crippen LogP contribution in [0.4, 0.5) is 0 Å². The van der Waals surface area contributed by atoms with Crippen molar-refractivity contribution in [1.29, 1.82) is 0 Å². The van der Waals surface area contributed by atoms with E-state index in [-0.39, 0.29) is 0 Å². The van der Waals surface area contributed by atoms with Crippen molar-refractivity contribution < 1.29 is 10.2 Å². The molecule has 0 saturated heterocycles. The Balaban J connectivity index is 2.33. The lowest BCUT2D eigenvalue weighted by Crippen LogP contribution is -2.17. The molecule has 42 valence electrons. The zero-order valence-corrected chi connectivity index (χ0v) is 4.17. The topological polar surface area (TPSA) is 40.5 Å². The van der Waals surface area contributed by atoms with Crippen molar-refractivity contribution in [2.45, 2.75) is 31.5 Å². The Morgan fingerprint density at radius 3 is 1.57 bits per heavy atom. The standard InChI is InChI=1S/C5H10O2/c6-4-2-1-3-5(4)7/h4-7H,1-3H2/t4-,5+. The summed E-state index contributed by atoms with van der Waals surface area (Å²) in [6, 6.07) is 0. The molecule has 2 nitrogen and oxygen atoms in total. The van der Waals surface area contributed by atoms with Crippen LogP contribution in [0.3, 0.4) is 0 Å². The molecule has 7 heavy (non-hydrogen) atoms. The molecular weight excluding hydrogens is 92.1 g/mol. The highest BCUT2D eigenvalue weighted by molar-refractivity contribution is 4.74. The first-order valence-electron chi connectivity index (χ1n) is 2.67. The molecule has 0 aromatic carbocycles. The minimum absolute atomic E-state index is 0.431. The van der Waals surface area contributed by atoms with Crippen molar-refractivity contribution in [3.63, 3.8) is 0 Å². The molecule has 1 fully saturated rings. The van der Waals surface area contributed by atoms with Gasteiger partial charge in [-0.2, -0.15) is 0 Å². The summed E-state index contributed by atoms with van der Waals surface area (Å²) in [7, 11) is 0. The smallest absolute Gasteiger partial charge is 0.0799 e. The van der Waals surface area contributed by atoms with Crippen molar-refractivity contribution in [3.05, 3.63) is 0 Å². The van der Waals surface area contributed by atoms with Crippen LogP contribution in [0.1, 0.15) is 19.3 Å². The Hall–Kier alpha value is -0.0800. The van der Waals surface area contributed by atoms with E-state index in [0.29, 0.717) is 0 Å². The lowest BCUT2D eigenvalue weighted by atomic mass is 10.3. The van der Waals surface area contributed by atoms with Gasteiger partial charge < -0.3 is 10.2 Å². The second-order valence-electron chi connectivity index (χ2n) is 2.07. The van der Waals surface area contributed by atoms with E-state index in [1.165, 1.54) is 0 Å². The van der Waals surface area contributed by atoms with E-state index in [9.17, 15) is 0 Å². The van der Waals surface area contributed by atoms with Crippen LogP contribution < -0.4 is 0 Å². The highest BCUT2D eigenvalue weighted by atomic mass is 16.3. The van der Waals surface area contributed by atoms with Gasteiger partial charge in [-0.15, -0.1) is 0 Å². The molecule has 0 aromatic rings. The zero-order chi connectivity index (χ0) is 5.28. The van der Waals surface area contributed by atoms with E-state index in [1.807, 2.05) is 0 Å². The molecule has 0 aliphatic heterocycles. The molecule has 1 aliphatic carbocycles. The first-order chi connectivity index (χ1) is 3.30. The third kappa shape index (κ3) is 0.924. The maximum Gasteiger partial charge on any atom is 0.0799 e. The maximum atomic E-state index is 8.75. The van der Waals surface area contributed by atoms with Crippen LogP contribution in [0.5, 0.6) is 0 Å². The summed E-state index contributed by atoms with van der Waals surface area (Å²) < 4.78 is 0. The molecule has 2 heteroatoms. The monoisotopic (exact) mass is 102 g/mol. The summed E-state index contributed by atoms with van der Waals surface area (Å²) in [4.78, 5) is 0.